The number of fused-ring (bicyclic) bond motifs is 4. The predicted molar refractivity (Wildman–Crippen MR) is 218 cm³/mol. The van der Waals surface area contributed by atoms with Crippen molar-refractivity contribution in [3.05, 3.63) is 194 Å². The summed E-state index contributed by atoms with van der Waals surface area (Å²) in [4.78, 5) is 7.37. The molecule has 10 rings (SSSR count). The number of anilines is 3. The van der Waals surface area contributed by atoms with Crippen molar-refractivity contribution in [3.63, 3.8) is 0 Å². The van der Waals surface area contributed by atoms with Crippen molar-refractivity contribution >= 4 is 50.1 Å². The molecule has 10 aromatic rings. The second kappa shape index (κ2) is 12.9. The zero-order valence-corrected chi connectivity index (χ0v) is 28.7. The summed E-state index contributed by atoms with van der Waals surface area (Å²) in [7, 11) is 0. The highest BCUT2D eigenvalue weighted by Gasteiger charge is 2.22. The van der Waals surface area contributed by atoms with Crippen molar-refractivity contribution in [1.29, 1.82) is 0 Å². The van der Waals surface area contributed by atoms with Gasteiger partial charge in [-0.3, -0.25) is 0 Å². The van der Waals surface area contributed by atoms with Gasteiger partial charge >= 0.3 is 0 Å². The quantitative estimate of drug-likeness (QED) is 0.168. The van der Waals surface area contributed by atoms with Gasteiger partial charge in [0, 0.05) is 45.0 Å². The third-order valence-electron chi connectivity index (χ3n) is 9.93. The summed E-state index contributed by atoms with van der Waals surface area (Å²) in [6.07, 6.45) is 0. The number of furan rings is 1. The van der Waals surface area contributed by atoms with Crippen LogP contribution in [0.5, 0.6) is 0 Å². The largest absolute Gasteiger partial charge is 0.456 e. The average Bonchev–Trinajstić information content (AvgIpc) is 3.83. The zero-order chi connectivity index (χ0) is 35.1. The average molecular weight is 681 g/mol. The Bertz CT molecular complexity index is 2840. The lowest BCUT2D eigenvalue weighted by Gasteiger charge is -2.26. The van der Waals surface area contributed by atoms with Crippen LogP contribution in [0, 0.1) is 0 Å². The van der Waals surface area contributed by atoms with Gasteiger partial charge in [-0.2, -0.15) is 0 Å². The van der Waals surface area contributed by atoms with E-state index in [0.29, 0.717) is 11.5 Å². The lowest BCUT2D eigenvalue weighted by molar-refractivity contribution is 0.617. The molecule has 2 heterocycles. The number of oxazole rings is 1. The van der Waals surface area contributed by atoms with E-state index in [1.807, 2.05) is 54.6 Å². The lowest BCUT2D eigenvalue weighted by atomic mass is 9.97. The van der Waals surface area contributed by atoms with E-state index in [-0.39, 0.29) is 0 Å². The Hall–Kier alpha value is -7.17. The Balaban J connectivity index is 1.05. The van der Waals surface area contributed by atoms with Crippen LogP contribution in [-0.4, -0.2) is 4.98 Å². The SMILES string of the molecule is c1ccc(-c2ccc(-c3ccc(N(c4ccccc4)c4ccc(-c5c6nc(-c7ccccc7)oc6cc6oc7ccccc7c56)cc4)cc3)cc2)cc1. The van der Waals surface area contributed by atoms with Crippen molar-refractivity contribution in [2.75, 3.05) is 4.90 Å². The summed E-state index contributed by atoms with van der Waals surface area (Å²) in [5.74, 6) is 0.585. The van der Waals surface area contributed by atoms with Crippen molar-refractivity contribution in [3.8, 4) is 44.8 Å². The summed E-state index contributed by atoms with van der Waals surface area (Å²) in [6, 6.07) is 67.5. The van der Waals surface area contributed by atoms with E-state index < -0.39 is 0 Å². The van der Waals surface area contributed by atoms with E-state index >= 15 is 0 Å². The fourth-order valence-electron chi connectivity index (χ4n) is 7.35. The number of hydrogen-bond acceptors (Lipinski definition) is 4. The molecule has 0 saturated carbocycles. The lowest BCUT2D eigenvalue weighted by Crippen LogP contribution is -2.09. The minimum absolute atomic E-state index is 0.585. The van der Waals surface area contributed by atoms with Gasteiger partial charge < -0.3 is 13.7 Å². The van der Waals surface area contributed by atoms with E-state index in [9.17, 15) is 0 Å². The first-order valence-electron chi connectivity index (χ1n) is 17.8. The van der Waals surface area contributed by atoms with E-state index in [1.165, 1.54) is 22.3 Å². The second-order valence-corrected chi connectivity index (χ2v) is 13.2. The first-order chi connectivity index (χ1) is 26.3. The molecule has 8 aromatic carbocycles. The van der Waals surface area contributed by atoms with Gasteiger partial charge in [-0.05, 0) is 82.4 Å². The molecule has 0 bridgehead atoms. The molecule has 4 nitrogen and oxygen atoms in total. The Labute approximate surface area is 306 Å². The molecule has 4 heteroatoms. The van der Waals surface area contributed by atoms with Crippen LogP contribution in [0.1, 0.15) is 0 Å². The van der Waals surface area contributed by atoms with Gasteiger partial charge in [-0.25, -0.2) is 4.98 Å². The molecule has 0 unspecified atom stereocenters. The van der Waals surface area contributed by atoms with Gasteiger partial charge in [-0.1, -0.05) is 133 Å². The van der Waals surface area contributed by atoms with Crippen LogP contribution >= 0.6 is 0 Å². The number of benzene rings is 8. The minimum atomic E-state index is 0.585. The predicted octanol–water partition coefficient (Wildman–Crippen LogP) is 13.9. The molecule has 0 aliphatic rings. The molecular weight excluding hydrogens is 649 g/mol. The maximum atomic E-state index is 6.39. The van der Waals surface area contributed by atoms with Crippen LogP contribution in [0.2, 0.25) is 0 Å². The van der Waals surface area contributed by atoms with Crippen LogP contribution < -0.4 is 4.90 Å². The summed E-state index contributed by atoms with van der Waals surface area (Å²) in [5.41, 5.74) is 14.0. The van der Waals surface area contributed by atoms with E-state index in [1.54, 1.807) is 0 Å². The fourth-order valence-corrected chi connectivity index (χ4v) is 7.35. The molecule has 0 atom stereocenters. The van der Waals surface area contributed by atoms with E-state index in [4.69, 9.17) is 13.8 Å². The fraction of sp³-hybridized carbons (Fsp3) is 0. The van der Waals surface area contributed by atoms with Crippen molar-refractivity contribution in [1.82, 2.24) is 4.98 Å². The third-order valence-corrected chi connectivity index (χ3v) is 9.93. The highest BCUT2D eigenvalue weighted by atomic mass is 16.4. The Kier molecular flexibility index (Phi) is 7.43. The molecule has 0 saturated heterocycles. The summed E-state index contributed by atoms with van der Waals surface area (Å²) < 4.78 is 12.8. The van der Waals surface area contributed by atoms with Crippen LogP contribution in [0.4, 0.5) is 17.1 Å². The zero-order valence-electron chi connectivity index (χ0n) is 28.7. The molecule has 0 fully saturated rings. The molecule has 0 spiro atoms. The first-order valence-corrected chi connectivity index (χ1v) is 17.8. The molecule has 2 aromatic heterocycles. The van der Waals surface area contributed by atoms with E-state index in [2.05, 4.69) is 144 Å². The Morgan fingerprint density at radius 3 is 1.45 bits per heavy atom. The molecule has 0 amide bonds. The first kappa shape index (κ1) is 30.6. The van der Waals surface area contributed by atoms with Gasteiger partial charge in [0.05, 0.1) is 0 Å². The Morgan fingerprint density at radius 2 is 0.830 bits per heavy atom. The molecule has 0 aliphatic carbocycles. The highest BCUT2D eigenvalue weighted by molar-refractivity contribution is 6.19. The van der Waals surface area contributed by atoms with Crippen LogP contribution in [0.25, 0.3) is 77.9 Å². The summed E-state index contributed by atoms with van der Waals surface area (Å²) >= 11 is 0. The third kappa shape index (κ3) is 5.54. The molecule has 250 valence electrons. The molecule has 53 heavy (non-hydrogen) atoms. The summed E-state index contributed by atoms with van der Waals surface area (Å²) in [5, 5.41) is 2.08. The van der Waals surface area contributed by atoms with Gasteiger partial charge in [0.1, 0.15) is 16.7 Å². The minimum Gasteiger partial charge on any atom is -0.456 e. The van der Waals surface area contributed by atoms with Crippen LogP contribution in [-0.2, 0) is 0 Å². The monoisotopic (exact) mass is 680 g/mol. The maximum Gasteiger partial charge on any atom is 0.227 e. The number of aromatic nitrogens is 1. The van der Waals surface area contributed by atoms with Crippen molar-refractivity contribution in [2.24, 2.45) is 0 Å². The number of hydrogen-bond donors (Lipinski definition) is 0. The molecular formula is C49H32N2O2. The maximum absolute atomic E-state index is 6.39. The normalized spacial score (nSPS) is 11.4. The van der Waals surface area contributed by atoms with Gasteiger partial charge in [0.2, 0.25) is 5.89 Å². The van der Waals surface area contributed by atoms with Crippen molar-refractivity contribution in [2.45, 2.75) is 0 Å². The van der Waals surface area contributed by atoms with Crippen molar-refractivity contribution < 1.29 is 8.83 Å². The molecule has 0 aliphatic heterocycles. The van der Waals surface area contributed by atoms with Crippen LogP contribution in [0.15, 0.2) is 203 Å². The number of para-hydroxylation sites is 2. The summed E-state index contributed by atoms with van der Waals surface area (Å²) in [6.45, 7) is 0. The van der Waals surface area contributed by atoms with Gasteiger partial charge in [-0.15, -0.1) is 0 Å². The van der Waals surface area contributed by atoms with Gasteiger partial charge in [0.25, 0.3) is 0 Å². The Morgan fingerprint density at radius 1 is 0.358 bits per heavy atom. The second-order valence-electron chi connectivity index (χ2n) is 13.2. The smallest absolute Gasteiger partial charge is 0.227 e. The van der Waals surface area contributed by atoms with E-state index in [0.717, 1.165) is 61.2 Å². The molecule has 0 radical (unpaired) electrons. The standard InChI is InChI=1S/C49H32N2O2/c1-4-12-33(13-5-1)34-20-22-35(23-21-34)36-24-28-40(29-25-36)51(39-16-8-3-9-17-39)41-30-26-37(27-31-41)46-47-42-18-10-11-19-43(42)52-44(47)32-45-48(46)50-49(53-45)38-14-6-2-7-15-38/h1-32H. The number of rotatable bonds is 7. The van der Waals surface area contributed by atoms with Crippen LogP contribution in [0.3, 0.4) is 0 Å². The topological polar surface area (TPSA) is 42.4 Å². The van der Waals surface area contributed by atoms with Gasteiger partial charge in [0.15, 0.2) is 5.58 Å². The molecule has 0 N–H and O–H groups in total. The number of nitrogens with zero attached hydrogens (tertiary/aromatic N) is 2. The highest BCUT2D eigenvalue weighted by Crippen LogP contribution is 2.44.